The number of nitrogens with zero attached hydrogens (tertiary/aromatic N) is 1. The van der Waals surface area contributed by atoms with Crippen LogP contribution in [0.2, 0.25) is 0 Å². The van der Waals surface area contributed by atoms with E-state index < -0.39 is 0 Å². The number of aromatic amines is 1. The normalized spacial score (nSPS) is 19.0. The zero-order valence-corrected chi connectivity index (χ0v) is 15.5. The van der Waals surface area contributed by atoms with E-state index in [2.05, 4.69) is 22.2 Å². The number of nitrogens with one attached hydrogen (secondary N) is 2. The van der Waals surface area contributed by atoms with Gasteiger partial charge in [-0.05, 0) is 24.8 Å². The lowest BCUT2D eigenvalue weighted by molar-refractivity contribution is -0.116. The number of hydrogen-bond acceptors (Lipinski definition) is 5. The lowest BCUT2D eigenvalue weighted by Crippen LogP contribution is -2.32. The molecule has 2 N–H and O–H groups in total. The summed E-state index contributed by atoms with van der Waals surface area (Å²) < 4.78 is 0. The smallest absolute Gasteiger partial charge is 0.257 e. The third-order valence-electron chi connectivity index (χ3n) is 4.81. The average molecular weight is 367 g/mol. The number of anilines is 1. The number of ketones is 1. The van der Waals surface area contributed by atoms with Crippen LogP contribution >= 0.6 is 11.8 Å². The Labute approximate surface area is 156 Å². The van der Waals surface area contributed by atoms with E-state index in [1.165, 1.54) is 0 Å². The first kappa shape index (κ1) is 17.1. The Morgan fingerprint density at radius 2 is 2.00 bits per heavy atom. The summed E-state index contributed by atoms with van der Waals surface area (Å²) in [7, 11) is 0. The lowest BCUT2D eigenvalue weighted by Gasteiger charge is -2.32. The molecule has 1 aliphatic carbocycles. The number of carbonyl (C=O) groups is 1. The molecule has 1 aliphatic heterocycles. The molecule has 1 aromatic carbocycles. The number of H-pyrrole nitrogens is 1. The fourth-order valence-corrected chi connectivity index (χ4v) is 4.40. The second-order valence-corrected chi connectivity index (χ2v) is 7.70. The fraction of sp³-hybridized carbons (Fsp3) is 0.350. The van der Waals surface area contributed by atoms with Crippen molar-refractivity contribution in [2.45, 2.75) is 43.7 Å². The summed E-state index contributed by atoms with van der Waals surface area (Å²) in [5, 5.41) is 3.93. The molecule has 0 saturated heterocycles. The van der Waals surface area contributed by atoms with Crippen molar-refractivity contribution in [1.29, 1.82) is 0 Å². The highest BCUT2D eigenvalue weighted by Gasteiger charge is 2.37. The minimum Gasteiger partial charge on any atom is -0.343 e. The first-order chi connectivity index (χ1) is 12.7. The third kappa shape index (κ3) is 2.98. The standard InChI is InChI=1S/C20H21N3O2S/c1-2-11-26-20-22-18-17(19(25)23-20)15(12-7-4-3-5-8-12)16-13(21-18)9-6-10-14(16)24/h3-5,7-8,15H,2,6,9-11H2,1H3,(H2,21,22,23,25). The van der Waals surface area contributed by atoms with Crippen molar-refractivity contribution in [3.63, 3.8) is 0 Å². The molecule has 0 saturated carbocycles. The highest BCUT2D eigenvalue weighted by atomic mass is 32.2. The van der Waals surface area contributed by atoms with E-state index in [-0.39, 0.29) is 17.3 Å². The van der Waals surface area contributed by atoms with Gasteiger partial charge in [-0.15, -0.1) is 0 Å². The van der Waals surface area contributed by atoms with Gasteiger partial charge in [0.2, 0.25) is 0 Å². The SMILES string of the molecule is CCCSc1nc2c(c(=O)[nH]1)C(c1ccccc1)C1=C(CCCC1=O)N2. The van der Waals surface area contributed by atoms with Gasteiger partial charge >= 0.3 is 0 Å². The van der Waals surface area contributed by atoms with Crippen LogP contribution in [0.4, 0.5) is 5.82 Å². The molecule has 0 radical (unpaired) electrons. The highest BCUT2D eigenvalue weighted by Crippen LogP contribution is 2.43. The van der Waals surface area contributed by atoms with E-state index in [1.807, 2.05) is 30.3 Å². The van der Waals surface area contributed by atoms with Gasteiger partial charge in [0.15, 0.2) is 10.9 Å². The molecule has 6 heteroatoms. The topological polar surface area (TPSA) is 74.8 Å². The molecule has 0 spiro atoms. The van der Waals surface area contributed by atoms with E-state index in [0.29, 0.717) is 23.0 Å². The summed E-state index contributed by atoms with van der Waals surface area (Å²) >= 11 is 1.54. The molecule has 2 heterocycles. The number of fused-ring (bicyclic) bond motifs is 1. The molecule has 134 valence electrons. The van der Waals surface area contributed by atoms with Crippen LogP contribution in [0.5, 0.6) is 0 Å². The van der Waals surface area contributed by atoms with Gasteiger partial charge in [0.05, 0.1) is 5.56 Å². The van der Waals surface area contributed by atoms with Crippen LogP contribution in [-0.2, 0) is 4.79 Å². The summed E-state index contributed by atoms with van der Waals surface area (Å²) in [6.45, 7) is 2.10. The molecule has 1 atom stereocenters. The number of aromatic nitrogens is 2. The van der Waals surface area contributed by atoms with Crippen LogP contribution in [-0.4, -0.2) is 21.5 Å². The van der Waals surface area contributed by atoms with Crippen molar-refractivity contribution in [2.24, 2.45) is 0 Å². The predicted molar refractivity (Wildman–Crippen MR) is 104 cm³/mol. The van der Waals surface area contributed by atoms with Crippen molar-refractivity contribution in [1.82, 2.24) is 9.97 Å². The van der Waals surface area contributed by atoms with Gasteiger partial charge in [-0.3, -0.25) is 9.59 Å². The monoisotopic (exact) mass is 367 g/mol. The molecular weight excluding hydrogens is 346 g/mol. The molecule has 2 aliphatic rings. The average Bonchev–Trinajstić information content (AvgIpc) is 2.65. The molecule has 26 heavy (non-hydrogen) atoms. The number of rotatable bonds is 4. The van der Waals surface area contributed by atoms with Gasteiger partial charge < -0.3 is 10.3 Å². The van der Waals surface area contributed by atoms with Gasteiger partial charge in [-0.2, -0.15) is 0 Å². The van der Waals surface area contributed by atoms with E-state index in [9.17, 15) is 9.59 Å². The zero-order valence-electron chi connectivity index (χ0n) is 14.7. The fourth-order valence-electron chi connectivity index (χ4n) is 3.69. The Hall–Kier alpha value is -2.34. The number of Topliss-reactive ketones (excluding diaryl/α,β-unsaturated/α-hetero) is 1. The van der Waals surface area contributed by atoms with Crippen LogP contribution in [0, 0.1) is 0 Å². The summed E-state index contributed by atoms with van der Waals surface area (Å²) in [6, 6.07) is 9.78. The summed E-state index contributed by atoms with van der Waals surface area (Å²) in [6.07, 6.45) is 3.20. The minimum absolute atomic E-state index is 0.127. The third-order valence-corrected chi connectivity index (χ3v) is 5.89. The van der Waals surface area contributed by atoms with Gasteiger partial charge in [-0.25, -0.2) is 4.98 Å². The summed E-state index contributed by atoms with van der Waals surface area (Å²) in [4.78, 5) is 33.2. The Kier molecular flexibility index (Phi) is 4.68. The summed E-state index contributed by atoms with van der Waals surface area (Å²) in [5.41, 5.74) is 2.99. The molecule has 1 unspecified atom stereocenters. The lowest BCUT2D eigenvalue weighted by atomic mass is 9.76. The van der Waals surface area contributed by atoms with Crippen LogP contribution in [0.25, 0.3) is 0 Å². The van der Waals surface area contributed by atoms with E-state index >= 15 is 0 Å². The second kappa shape index (κ2) is 7.11. The Morgan fingerprint density at radius 1 is 1.19 bits per heavy atom. The molecule has 0 bridgehead atoms. The first-order valence-electron chi connectivity index (χ1n) is 9.04. The van der Waals surface area contributed by atoms with Crippen molar-refractivity contribution < 1.29 is 4.79 Å². The number of thioether (sulfide) groups is 1. The quantitative estimate of drug-likeness (QED) is 0.634. The summed E-state index contributed by atoms with van der Waals surface area (Å²) in [5.74, 6) is 1.27. The number of allylic oxidation sites excluding steroid dienone is 2. The maximum atomic E-state index is 12.9. The largest absolute Gasteiger partial charge is 0.343 e. The number of benzene rings is 1. The van der Waals surface area contributed by atoms with Crippen LogP contribution in [0.3, 0.4) is 0 Å². The molecule has 0 amide bonds. The van der Waals surface area contributed by atoms with Gasteiger partial charge in [0.25, 0.3) is 5.56 Å². The van der Waals surface area contributed by atoms with E-state index in [4.69, 9.17) is 0 Å². The minimum atomic E-state index is -0.350. The van der Waals surface area contributed by atoms with Crippen molar-refractivity contribution >= 4 is 23.4 Å². The maximum Gasteiger partial charge on any atom is 0.257 e. The predicted octanol–water partition coefficient (Wildman–Crippen LogP) is 3.84. The van der Waals surface area contributed by atoms with Gasteiger partial charge in [0, 0.05) is 29.4 Å². The van der Waals surface area contributed by atoms with Crippen molar-refractivity contribution in [2.75, 3.05) is 11.1 Å². The number of carbonyl (C=O) groups excluding carboxylic acids is 1. The van der Waals surface area contributed by atoms with Crippen LogP contribution in [0.15, 0.2) is 51.6 Å². The molecule has 4 rings (SSSR count). The Morgan fingerprint density at radius 3 is 2.77 bits per heavy atom. The van der Waals surface area contributed by atoms with Crippen molar-refractivity contribution in [3.8, 4) is 0 Å². The van der Waals surface area contributed by atoms with Gasteiger partial charge in [-0.1, -0.05) is 49.0 Å². The van der Waals surface area contributed by atoms with Crippen LogP contribution in [0.1, 0.15) is 49.7 Å². The van der Waals surface area contributed by atoms with Crippen LogP contribution < -0.4 is 10.9 Å². The molecular formula is C20H21N3O2S. The van der Waals surface area contributed by atoms with E-state index in [1.54, 1.807) is 11.8 Å². The maximum absolute atomic E-state index is 12.9. The molecule has 1 aromatic heterocycles. The Bertz CT molecular complexity index is 934. The second-order valence-electron chi connectivity index (χ2n) is 6.62. The zero-order chi connectivity index (χ0) is 18.1. The molecule has 2 aromatic rings. The van der Waals surface area contributed by atoms with E-state index in [0.717, 1.165) is 41.8 Å². The Balaban J connectivity index is 1.89. The highest BCUT2D eigenvalue weighted by molar-refractivity contribution is 7.99. The molecule has 0 fully saturated rings. The van der Waals surface area contributed by atoms with Gasteiger partial charge in [0.1, 0.15) is 5.82 Å². The first-order valence-corrected chi connectivity index (χ1v) is 10.0. The number of hydrogen-bond donors (Lipinski definition) is 2. The molecule has 5 nitrogen and oxygen atoms in total. The van der Waals surface area contributed by atoms with Crippen molar-refractivity contribution in [3.05, 3.63) is 63.1 Å².